The van der Waals surface area contributed by atoms with Gasteiger partial charge in [0.15, 0.2) is 12.4 Å². The molecule has 4 atom stereocenters. The van der Waals surface area contributed by atoms with Gasteiger partial charge in [-0.1, -0.05) is 72.8 Å². The first-order valence-corrected chi connectivity index (χ1v) is 16.3. The van der Waals surface area contributed by atoms with Crippen LogP contribution >= 0.6 is 11.8 Å². The number of esters is 1. The maximum absolute atomic E-state index is 12.4. The van der Waals surface area contributed by atoms with Crippen molar-refractivity contribution in [3.63, 3.8) is 0 Å². The average Bonchev–Trinajstić information content (AvgIpc) is 3.09. The number of carbonyl (C=O) groups excluding carboxylic acids is 2. The number of nitrogens with one attached hydrogen (secondary N) is 1. The van der Waals surface area contributed by atoms with E-state index in [0.717, 1.165) is 38.3 Å². The molecular weight excluding hydrogens is 618 g/mol. The van der Waals surface area contributed by atoms with Crippen LogP contribution in [0.4, 0.5) is 0 Å². The molecule has 4 aromatic rings. The third-order valence-corrected chi connectivity index (χ3v) is 8.97. The molecule has 0 bridgehead atoms. The van der Waals surface area contributed by atoms with Gasteiger partial charge in [-0.15, -0.1) is 11.8 Å². The third kappa shape index (κ3) is 9.08. The minimum absolute atomic E-state index is 0.0350. The molecule has 5 rings (SSSR count). The van der Waals surface area contributed by atoms with E-state index in [2.05, 4.69) is 5.32 Å². The summed E-state index contributed by atoms with van der Waals surface area (Å²) in [6.45, 7) is 3.04. The Balaban J connectivity index is 1.31. The standard InChI is InChI=1S/C37H37NO8S/c1-23(44-24(2)40)35(41)38-20-30-5-3-4-6-33(30)26-11-13-29(14-12-26)37-45-31(22-47-32-17-15-28(16-18-32)36(42)43)19-34(46-37)27-9-7-25(21-39)8-10-27/h3-18,23,31,34,37,39H,19-22H2,1-2H3,(H,38,41)(H,42,43)/t23-,31-,34+,37+/m0/s1. The van der Waals surface area contributed by atoms with Crippen LogP contribution in [0.5, 0.6) is 0 Å². The maximum Gasteiger partial charge on any atom is 0.335 e. The maximum atomic E-state index is 12.4. The van der Waals surface area contributed by atoms with Crippen molar-refractivity contribution < 1.29 is 38.8 Å². The van der Waals surface area contributed by atoms with Crippen LogP contribution in [-0.2, 0) is 37.0 Å². The molecular formula is C37H37NO8S. The van der Waals surface area contributed by atoms with Gasteiger partial charge in [-0.2, -0.15) is 0 Å². The first kappa shape index (κ1) is 33.9. The average molecular weight is 656 g/mol. The number of rotatable bonds is 12. The minimum Gasteiger partial charge on any atom is -0.478 e. The number of thioether (sulfide) groups is 1. The van der Waals surface area contributed by atoms with E-state index in [1.807, 2.05) is 72.8 Å². The van der Waals surface area contributed by atoms with E-state index in [-0.39, 0.29) is 36.8 Å². The van der Waals surface area contributed by atoms with Gasteiger partial charge in [0.2, 0.25) is 0 Å². The summed E-state index contributed by atoms with van der Waals surface area (Å²) >= 11 is 1.60. The normalized spacial score (nSPS) is 18.2. The molecule has 0 aromatic heterocycles. The van der Waals surface area contributed by atoms with Gasteiger partial charge in [-0.25, -0.2) is 4.79 Å². The van der Waals surface area contributed by atoms with Gasteiger partial charge in [0.25, 0.3) is 5.91 Å². The Kier molecular flexibility index (Phi) is 11.4. The quantitative estimate of drug-likeness (QED) is 0.116. The molecule has 3 N–H and O–H groups in total. The number of carbonyl (C=O) groups is 3. The summed E-state index contributed by atoms with van der Waals surface area (Å²) in [5.41, 5.74) is 5.73. The Labute approximate surface area is 277 Å². The number of carboxylic acids is 1. The lowest BCUT2D eigenvalue weighted by Gasteiger charge is -2.36. The topological polar surface area (TPSA) is 131 Å². The molecule has 4 aromatic carbocycles. The van der Waals surface area contributed by atoms with Crippen molar-refractivity contribution >= 4 is 29.6 Å². The summed E-state index contributed by atoms with van der Waals surface area (Å²) in [5.74, 6) is -1.20. The second-order valence-corrected chi connectivity index (χ2v) is 12.3. The van der Waals surface area contributed by atoms with Crippen molar-refractivity contribution in [1.29, 1.82) is 0 Å². The van der Waals surface area contributed by atoms with Gasteiger partial charge in [-0.05, 0) is 59.0 Å². The molecule has 1 aliphatic heterocycles. The molecule has 9 nitrogen and oxygen atoms in total. The highest BCUT2D eigenvalue weighted by Gasteiger charge is 2.32. The monoisotopic (exact) mass is 655 g/mol. The molecule has 1 saturated heterocycles. The fraction of sp³-hybridized carbons (Fsp3) is 0.270. The van der Waals surface area contributed by atoms with E-state index < -0.39 is 24.3 Å². The van der Waals surface area contributed by atoms with E-state index in [1.54, 1.807) is 36.0 Å². The molecule has 0 aliphatic carbocycles. The molecule has 244 valence electrons. The Bertz CT molecular complexity index is 1670. The molecule has 0 spiro atoms. The highest BCUT2D eigenvalue weighted by Crippen LogP contribution is 2.40. The van der Waals surface area contributed by atoms with Crippen molar-refractivity contribution in [1.82, 2.24) is 5.32 Å². The van der Waals surface area contributed by atoms with Crippen molar-refractivity contribution in [2.24, 2.45) is 0 Å². The van der Waals surface area contributed by atoms with Crippen molar-refractivity contribution in [3.05, 3.63) is 125 Å². The number of hydrogen-bond donors (Lipinski definition) is 3. The molecule has 1 fully saturated rings. The van der Waals surface area contributed by atoms with Crippen molar-refractivity contribution in [3.8, 4) is 11.1 Å². The van der Waals surface area contributed by atoms with Crippen LogP contribution in [0.25, 0.3) is 11.1 Å². The predicted octanol–water partition coefficient (Wildman–Crippen LogP) is 6.45. The molecule has 10 heteroatoms. The van der Waals surface area contributed by atoms with E-state index in [0.29, 0.717) is 12.2 Å². The van der Waals surface area contributed by atoms with Crippen LogP contribution < -0.4 is 5.32 Å². The van der Waals surface area contributed by atoms with Crippen LogP contribution in [-0.4, -0.2) is 46.0 Å². The fourth-order valence-corrected chi connectivity index (χ4v) is 6.23. The Hall–Kier alpha value is -4.48. The summed E-state index contributed by atoms with van der Waals surface area (Å²) < 4.78 is 18.0. The van der Waals surface area contributed by atoms with E-state index in [9.17, 15) is 24.6 Å². The molecule has 0 saturated carbocycles. The smallest absolute Gasteiger partial charge is 0.335 e. The van der Waals surface area contributed by atoms with Gasteiger partial charge in [-0.3, -0.25) is 9.59 Å². The third-order valence-electron chi connectivity index (χ3n) is 7.83. The summed E-state index contributed by atoms with van der Waals surface area (Å²) in [7, 11) is 0. The summed E-state index contributed by atoms with van der Waals surface area (Å²) in [6.07, 6.45) is -1.27. The molecule has 0 radical (unpaired) electrons. The lowest BCUT2D eigenvalue weighted by Crippen LogP contribution is -2.35. The summed E-state index contributed by atoms with van der Waals surface area (Å²) in [5, 5.41) is 21.6. The highest BCUT2D eigenvalue weighted by atomic mass is 32.2. The van der Waals surface area contributed by atoms with Gasteiger partial charge in [0, 0.05) is 36.1 Å². The number of aromatic carboxylic acids is 1. The fourth-order valence-electron chi connectivity index (χ4n) is 5.31. The Morgan fingerprint density at radius 3 is 2.26 bits per heavy atom. The van der Waals surface area contributed by atoms with Gasteiger partial charge in [0.1, 0.15) is 0 Å². The number of aliphatic hydroxyl groups excluding tert-OH is 1. The highest BCUT2D eigenvalue weighted by molar-refractivity contribution is 7.99. The number of ether oxygens (including phenoxy) is 3. The number of carboxylic acid groups (broad SMARTS) is 1. The minimum atomic E-state index is -0.959. The number of benzene rings is 4. The molecule has 0 unspecified atom stereocenters. The second kappa shape index (κ2) is 15.9. The van der Waals surface area contributed by atoms with E-state index in [1.165, 1.54) is 13.8 Å². The largest absolute Gasteiger partial charge is 0.478 e. The zero-order chi connectivity index (χ0) is 33.3. The zero-order valence-electron chi connectivity index (χ0n) is 26.1. The predicted molar refractivity (Wildman–Crippen MR) is 177 cm³/mol. The number of aliphatic hydroxyl groups is 1. The van der Waals surface area contributed by atoms with Crippen molar-refractivity contribution in [2.45, 2.75) is 62.9 Å². The van der Waals surface area contributed by atoms with Crippen LogP contribution in [0.2, 0.25) is 0 Å². The summed E-state index contributed by atoms with van der Waals surface area (Å²) in [4.78, 5) is 35.8. The molecule has 1 amide bonds. The molecule has 1 aliphatic rings. The molecule has 1 heterocycles. The van der Waals surface area contributed by atoms with Gasteiger partial charge < -0.3 is 29.7 Å². The van der Waals surface area contributed by atoms with Crippen LogP contribution in [0.15, 0.2) is 102 Å². The Morgan fingerprint density at radius 1 is 0.915 bits per heavy atom. The lowest BCUT2D eigenvalue weighted by molar-refractivity contribution is -0.245. The van der Waals surface area contributed by atoms with E-state index in [4.69, 9.17) is 14.2 Å². The number of amides is 1. The van der Waals surface area contributed by atoms with Crippen LogP contribution in [0, 0.1) is 0 Å². The first-order chi connectivity index (χ1) is 22.7. The Morgan fingerprint density at radius 2 is 1.60 bits per heavy atom. The van der Waals surface area contributed by atoms with Gasteiger partial charge >= 0.3 is 11.9 Å². The lowest BCUT2D eigenvalue weighted by atomic mass is 9.97. The zero-order valence-corrected chi connectivity index (χ0v) is 26.9. The second-order valence-electron chi connectivity index (χ2n) is 11.2. The summed E-state index contributed by atoms with van der Waals surface area (Å²) in [6, 6.07) is 30.3. The van der Waals surface area contributed by atoms with Crippen LogP contribution in [0.1, 0.15) is 65.3 Å². The van der Waals surface area contributed by atoms with Crippen molar-refractivity contribution in [2.75, 3.05) is 5.75 Å². The first-order valence-electron chi connectivity index (χ1n) is 15.3. The van der Waals surface area contributed by atoms with Crippen LogP contribution in [0.3, 0.4) is 0 Å². The number of hydrogen-bond acceptors (Lipinski definition) is 8. The molecule has 47 heavy (non-hydrogen) atoms. The van der Waals surface area contributed by atoms with E-state index >= 15 is 0 Å². The SMILES string of the molecule is CC(=O)O[C@@H](C)C(=O)NCc1ccccc1-c1ccc([C@@H]2O[C@H](CSc3ccc(C(=O)O)cc3)C[C@H](c3ccc(CO)cc3)O2)cc1. The van der Waals surface area contributed by atoms with Gasteiger partial charge in [0.05, 0.1) is 24.4 Å².